The number of hydrogen-bond donors (Lipinski definition) is 1. The fourth-order valence-corrected chi connectivity index (χ4v) is 1.74. The van der Waals surface area contributed by atoms with Crippen molar-refractivity contribution in [2.24, 2.45) is 0 Å². The number of aryl methyl sites for hydroxylation is 2. The topological polar surface area (TPSA) is 47.7 Å². The second-order valence-electron chi connectivity index (χ2n) is 3.98. The molecule has 0 amide bonds. The third-order valence-electron chi connectivity index (χ3n) is 2.67. The number of nitrogens with one attached hydrogen (secondary N) is 1. The highest BCUT2D eigenvalue weighted by Gasteiger charge is 2.02. The summed E-state index contributed by atoms with van der Waals surface area (Å²) < 4.78 is 3.95. The molecule has 0 radical (unpaired) electrons. The average molecular weight is 270 g/mol. The van der Waals surface area contributed by atoms with Gasteiger partial charge in [0, 0.05) is 25.5 Å². The quantitative estimate of drug-likeness (QED) is 0.877. The van der Waals surface area contributed by atoms with Crippen LogP contribution in [0.2, 0.25) is 0 Å². The Labute approximate surface area is 114 Å². The van der Waals surface area contributed by atoms with Gasteiger partial charge >= 0.3 is 0 Å². The molecule has 0 saturated heterocycles. The molecule has 0 spiro atoms. The van der Waals surface area contributed by atoms with Crippen LogP contribution < -0.4 is 5.32 Å². The summed E-state index contributed by atoms with van der Waals surface area (Å²) in [5.74, 6) is 0. The molecule has 2 heterocycles. The zero-order valence-corrected chi connectivity index (χ0v) is 11.7. The molecule has 2 aromatic rings. The molecule has 0 aliphatic heterocycles. The van der Waals surface area contributed by atoms with Gasteiger partial charge in [0.1, 0.15) is 0 Å². The Morgan fingerprint density at radius 2 is 2.11 bits per heavy atom. The van der Waals surface area contributed by atoms with Crippen molar-refractivity contribution in [3.05, 3.63) is 30.4 Å². The minimum atomic E-state index is 0. The average Bonchev–Trinajstić information content (AvgIpc) is 2.95. The number of anilines is 1. The first-order chi connectivity index (χ1) is 8.33. The molecular weight excluding hydrogens is 250 g/mol. The molecule has 0 saturated carbocycles. The Morgan fingerprint density at radius 3 is 2.78 bits per heavy atom. The number of aromatic nitrogens is 4. The highest BCUT2D eigenvalue weighted by atomic mass is 35.5. The van der Waals surface area contributed by atoms with Gasteiger partial charge in [0.05, 0.1) is 24.1 Å². The van der Waals surface area contributed by atoms with E-state index in [4.69, 9.17) is 0 Å². The Bertz CT molecular complexity index is 462. The van der Waals surface area contributed by atoms with Crippen molar-refractivity contribution in [2.45, 2.75) is 39.9 Å². The molecule has 6 heteroatoms. The van der Waals surface area contributed by atoms with Gasteiger partial charge in [0.2, 0.25) is 0 Å². The number of rotatable bonds is 6. The molecule has 0 aromatic carbocycles. The highest BCUT2D eigenvalue weighted by molar-refractivity contribution is 5.85. The minimum absolute atomic E-state index is 0. The van der Waals surface area contributed by atoms with Crippen molar-refractivity contribution < 1.29 is 0 Å². The van der Waals surface area contributed by atoms with Gasteiger partial charge in [-0.1, -0.05) is 6.92 Å². The van der Waals surface area contributed by atoms with E-state index in [0.717, 1.165) is 31.7 Å². The lowest BCUT2D eigenvalue weighted by Gasteiger charge is -2.06. The number of nitrogens with zero attached hydrogens (tertiary/aromatic N) is 4. The smallest absolute Gasteiger partial charge is 0.0729 e. The van der Waals surface area contributed by atoms with E-state index in [0.29, 0.717) is 0 Å². The number of halogens is 1. The van der Waals surface area contributed by atoms with E-state index in [1.165, 1.54) is 5.69 Å². The van der Waals surface area contributed by atoms with Gasteiger partial charge in [-0.2, -0.15) is 10.2 Å². The van der Waals surface area contributed by atoms with Crippen LogP contribution in [0.1, 0.15) is 26.0 Å². The Balaban J connectivity index is 0.00000162. The van der Waals surface area contributed by atoms with Crippen molar-refractivity contribution in [3.8, 4) is 0 Å². The zero-order valence-electron chi connectivity index (χ0n) is 10.8. The van der Waals surface area contributed by atoms with Crippen LogP contribution >= 0.6 is 12.4 Å². The molecule has 0 aliphatic rings. The van der Waals surface area contributed by atoms with Gasteiger partial charge in [0.15, 0.2) is 0 Å². The molecule has 0 atom stereocenters. The summed E-state index contributed by atoms with van der Waals surface area (Å²) in [5.41, 5.74) is 2.26. The predicted molar refractivity (Wildman–Crippen MR) is 75.0 cm³/mol. The minimum Gasteiger partial charge on any atom is -0.377 e. The van der Waals surface area contributed by atoms with Crippen LogP contribution in [-0.4, -0.2) is 19.6 Å². The molecule has 2 aromatic heterocycles. The van der Waals surface area contributed by atoms with Gasteiger partial charge < -0.3 is 5.32 Å². The van der Waals surface area contributed by atoms with E-state index < -0.39 is 0 Å². The van der Waals surface area contributed by atoms with Crippen LogP contribution in [0, 0.1) is 0 Å². The first-order valence-corrected chi connectivity index (χ1v) is 6.10. The van der Waals surface area contributed by atoms with Crippen LogP contribution in [0.25, 0.3) is 0 Å². The summed E-state index contributed by atoms with van der Waals surface area (Å²) in [4.78, 5) is 0. The molecular formula is C12H20ClN5. The fraction of sp³-hybridized carbons (Fsp3) is 0.500. The molecule has 0 bridgehead atoms. The molecule has 100 valence electrons. The first kappa shape index (κ1) is 14.6. The van der Waals surface area contributed by atoms with Gasteiger partial charge in [0.25, 0.3) is 0 Å². The lowest BCUT2D eigenvalue weighted by molar-refractivity contribution is 0.578. The highest BCUT2D eigenvalue weighted by Crippen LogP contribution is 2.08. The van der Waals surface area contributed by atoms with Crippen molar-refractivity contribution in [1.29, 1.82) is 0 Å². The van der Waals surface area contributed by atoms with E-state index in [2.05, 4.69) is 29.4 Å². The van der Waals surface area contributed by atoms with Gasteiger partial charge in [-0.25, -0.2) is 0 Å². The van der Waals surface area contributed by atoms with Crippen molar-refractivity contribution >= 4 is 18.1 Å². The summed E-state index contributed by atoms with van der Waals surface area (Å²) >= 11 is 0. The van der Waals surface area contributed by atoms with E-state index >= 15 is 0 Å². The Hall–Kier alpha value is -1.49. The first-order valence-electron chi connectivity index (χ1n) is 6.10. The molecule has 0 unspecified atom stereocenters. The maximum atomic E-state index is 4.30. The summed E-state index contributed by atoms with van der Waals surface area (Å²) in [6.45, 7) is 6.89. The van der Waals surface area contributed by atoms with Crippen molar-refractivity contribution in [2.75, 3.05) is 5.32 Å². The van der Waals surface area contributed by atoms with Crippen LogP contribution in [0.4, 0.5) is 5.69 Å². The van der Waals surface area contributed by atoms with Gasteiger partial charge in [-0.15, -0.1) is 12.4 Å². The summed E-state index contributed by atoms with van der Waals surface area (Å²) in [7, 11) is 0. The molecule has 5 nitrogen and oxygen atoms in total. The summed E-state index contributed by atoms with van der Waals surface area (Å²) in [5, 5.41) is 11.9. The van der Waals surface area contributed by atoms with Gasteiger partial charge in [-0.3, -0.25) is 9.36 Å². The van der Waals surface area contributed by atoms with E-state index in [-0.39, 0.29) is 12.4 Å². The Kier molecular flexibility index (Phi) is 5.71. The number of hydrogen-bond acceptors (Lipinski definition) is 3. The summed E-state index contributed by atoms with van der Waals surface area (Å²) in [6.07, 6.45) is 6.81. The van der Waals surface area contributed by atoms with Crippen molar-refractivity contribution in [1.82, 2.24) is 19.6 Å². The van der Waals surface area contributed by atoms with E-state index in [1.54, 1.807) is 0 Å². The second kappa shape index (κ2) is 7.06. The third kappa shape index (κ3) is 3.50. The largest absolute Gasteiger partial charge is 0.377 e. The van der Waals surface area contributed by atoms with E-state index in [1.807, 2.05) is 34.0 Å². The van der Waals surface area contributed by atoms with Crippen LogP contribution in [0.3, 0.4) is 0 Å². The molecule has 1 N–H and O–H groups in total. The van der Waals surface area contributed by atoms with Crippen molar-refractivity contribution in [3.63, 3.8) is 0 Å². The zero-order chi connectivity index (χ0) is 12.1. The standard InChI is InChI=1S/C12H19N5.ClH/c1-3-7-17-12(5-6-14-17)9-13-11-8-15-16(4-2)10-11;/h5-6,8,10,13H,3-4,7,9H2,1-2H3;1H. The molecule has 0 aliphatic carbocycles. The predicted octanol–water partition coefficient (Wildman–Crippen LogP) is 2.54. The third-order valence-corrected chi connectivity index (χ3v) is 2.67. The maximum absolute atomic E-state index is 4.30. The van der Waals surface area contributed by atoms with Crippen LogP contribution in [0.15, 0.2) is 24.7 Å². The lowest BCUT2D eigenvalue weighted by atomic mass is 10.4. The molecule has 0 fully saturated rings. The van der Waals surface area contributed by atoms with E-state index in [9.17, 15) is 0 Å². The maximum Gasteiger partial charge on any atom is 0.0729 e. The Morgan fingerprint density at radius 1 is 1.28 bits per heavy atom. The van der Waals surface area contributed by atoms with Crippen LogP contribution in [-0.2, 0) is 19.6 Å². The molecule has 2 rings (SSSR count). The summed E-state index contributed by atoms with van der Waals surface area (Å²) in [6, 6.07) is 2.05. The lowest BCUT2D eigenvalue weighted by Crippen LogP contribution is -2.08. The fourth-order valence-electron chi connectivity index (χ4n) is 1.74. The van der Waals surface area contributed by atoms with Gasteiger partial charge in [-0.05, 0) is 19.4 Å². The second-order valence-corrected chi connectivity index (χ2v) is 3.98. The monoisotopic (exact) mass is 269 g/mol. The molecule has 18 heavy (non-hydrogen) atoms. The van der Waals surface area contributed by atoms with Crippen LogP contribution in [0.5, 0.6) is 0 Å². The SMILES string of the molecule is CCCn1nccc1CNc1cnn(CC)c1.Cl. The normalized spacial score (nSPS) is 10.1.